The standard InChI is InChI=1S/C18H22ClNO2/c19-15-1-3-16(4-2-15)22-10-17(21)20-18-13-6-11-5-12(8-13)9-14(18)7-11/h1-4,11-14,18H,5-10H2,(H,20,21). The fourth-order valence-corrected chi connectivity index (χ4v) is 5.19. The molecular weight excluding hydrogens is 298 g/mol. The van der Waals surface area contributed by atoms with Gasteiger partial charge in [0.25, 0.3) is 5.91 Å². The maximum Gasteiger partial charge on any atom is 0.258 e. The minimum absolute atomic E-state index is 0.00687. The van der Waals surface area contributed by atoms with E-state index in [1.54, 1.807) is 24.3 Å². The van der Waals surface area contributed by atoms with Crippen LogP contribution in [-0.4, -0.2) is 18.6 Å². The number of carbonyl (C=O) groups excluding carboxylic acids is 1. The topological polar surface area (TPSA) is 38.3 Å². The lowest BCUT2D eigenvalue weighted by atomic mass is 9.54. The zero-order valence-corrected chi connectivity index (χ0v) is 13.4. The third-order valence-electron chi connectivity index (χ3n) is 5.74. The first kappa shape index (κ1) is 14.4. The number of nitrogens with one attached hydrogen (secondary N) is 1. The highest BCUT2D eigenvalue weighted by atomic mass is 35.5. The second-order valence-corrected chi connectivity index (χ2v) is 7.70. The average molecular weight is 320 g/mol. The van der Waals surface area contributed by atoms with Crippen LogP contribution in [0.1, 0.15) is 32.1 Å². The maximum absolute atomic E-state index is 12.2. The fourth-order valence-electron chi connectivity index (χ4n) is 5.07. The van der Waals surface area contributed by atoms with Crippen LogP contribution in [0.15, 0.2) is 24.3 Å². The van der Waals surface area contributed by atoms with Gasteiger partial charge in [0, 0.05) is 11.1 Å². The number of rotatable bonds is 4. The van der Waals surface area contributed by atoms with Crippen LogP contribution in [0.3, 0.4) is 0 Å². The predicted octanol–water partition coefficient (Wildman–Crippen LogP) is 3.66. The molecule has 4 heteroatoms. The van der Waals surface area contributed by atoms with E-state index < -0.39 is 0 Å². The summed E-state index contributed by atoms with van der Waals surface area (Å²) < 4.78 is 5.55. The van der Waals surface area contributed by atoms with Crippen molar-refractivity contribution >= 4 is 17.5 Å². The van der Waals surface area contributed by atoms with Gasteiger partial charge in [0.2, 0.25) is 0 Å². The van der Waals surface area contributed by atoms with Crippen molar-refractivity contribution in [1.29, 1.82) is 0 Å². The van der Waals surface area contributed by atoms with E-state index in [0.717, 1.165) is 11.8 Å². The third kappa shape index (κ3) is 2.83. The summed E-state index contributed by atoms with van der Waals surface area (Å²) in [5.41, 5.74) is 0. The number of amides is 1. The molecule has 0 heterocycles. The summed E-state index contributed by atoms with van der Waals surface area (Å²) in [5.74, 6) is 3.96. The Hall–Kier alpha value is -1.22. The van der Waals surface area contributed by atoms with Crippen molar-refractivity contribution < 1.29 is 9.53 Å². The molecule has 4 fully saturated rings. The van der Waals surface area contributed by atoms with E-state index in [1.165, 1.54) is 32.1 Å². The molecule has 0 unspecified atom stereocenters. The van der Waals surface area contributed by atoms with E-state index in [4.69, 9.17) is 16.3 Å². The van der Waals surface area contributed by atoms with E-state index in [2.05, 4.69) is 5.32 Å². The van der Waals surface area contributed by atoms with E-state index in [-0.39, 0.29) is 12.5 Å². The Morgan fingerprint density at radius 3 is 2.23 bits per heavy atom. The molecule has 4 bridgehead atoms. The number of hydrogen-bond acceptors (Lipinski definition) is 2. The van der Waals surface area contributed by atoms with Gasteiger partial charge < -0.3 is 10.1 Å². The van der Waals surface area contributed by atoms with Crippen molar-refractivity contribution in [2.24, 2.45) is 23.7 Å². The number of benzene rings is 1. The molecule has 0 atom stereocenters. The molecule has 4 aliphatic rings. The van der Waals surface area contributed by atoms with Gasteiger partial charge in [-0.3, -0.25) is 4.79 Å². The predicted molar refractivity (Wildman–Crippen MR) is 85.9 cm³/mol. The normalized spacial score (nSPS) is 35.4. The molecule has 0 radical (unpaired) electrons. The third-order valence-corrected chi connectivity index (χ3v) is 5.99. The summed E-state index contributed by atoms with van der Waals surface area (Å²) in [6, 6.07) is 7.50. The van der Waals surface area contributed by atoms with Crippen LogP contribution >= 0.6 is 11.6 Å². The van der Waals surface area contributed by atoms with Gasteiger partial charge >= 0.3 is 0 Å². The van der Waals surface area contributed by atoms with Crippen molar-refractivity contribution in [3.63, 3.8) is 0 Å². The number of carbonyl (C=O) groups is 1. The van der Waals surface area contributed by atoms with Gasteiger partial charge in [-0.2, -0.15) is 0 Å². The Balaban J connectivity index is 1.31. The molecule has 22 heavy (non-hydrogen) atoms. The first-order valence-electron chi connectivity index (χ1n) is 8.35. The summed E-state index contributed by atoms with van der Waals surface area (Å²) in [4.78, 5) is 12.2. The highest BCUT2D eigenvalue weighted by Gasteiger charge is 2.48. The Labute approximate surface area is 136 Å². The summed E-state index contributed by atoms with van der Waals surface area (Å²) >= 11 is 5.84. The van der Waals surface area contributed by atoms with Crippen LogP contribution in [0.2, 0.25) is 5.02 Å². The van der Waals surface area contributed by atoms with Crippen LogP contribution < -0.4 is 10.1 Å². The molecule has 1 aromatic rings. The molecule has 0 spiro atoms. The van der Waals surface area contributed by atoms with E-state index in [1.807, 2.05) is 0 Å². The molecule has 1 amide bonds. The van der Waals surface area contributed by atoms with Crippen LogP contribution in [0.5, 0.6) is 5.75 Å². The van der Waals surface area contributed by atoms with Crippen LogP contribution in [0, 0.1) is 23.7 Å². The van der Waals surface area contributed by atoms with E-state index >= 15 is 0 Å². The molecule has 0 aromatic heterocycles. The zero-order chi connectivity index (χ0) is 15.1. The summed E-state index contributed by atoms with van der Waals surface area (Å²) in [5, 5.41) is 3.93. The quantitative estimate of drug-likeness (QED) is 0.919. The van der Waals surface area contributed by atoms with Gasteiger partial charge in [-0.25, -0.2) is 0 Å². The van der Waals surface area contributed by atoms with Gasteiger partial charge in [-0.15, -0.1) is 0 Å². The lowest BCUT2D eigenvalue weighted by molar-refractivity contribution is -0.127. The van der Waals surface area contributed by atoms with Gasteiger partial charge in [0.05, 0.1) is 0 Å². The van der Waals surface area contributed by atoms with E-state index in [0.29, 0.717) is 28.6 Å². The Morgan fingerprint density at radius 2 is 1.64 bits per heavy atom. The molecule has 1 N–H and O–H groups in total. The lowest BCUT2D eigenvalue weighted by Gasteiger charge is -2.54. The summed E-state index contributed by atoms with van der Waals surface area (Å²) in [7, 11) is 0. The molecule has 4 saturated carbocycles. The van der Waals surface area contributed by atoms with Crippen molar-refractivity contribution in [3.05, 3.63) is 29.3 Å². The highest BCUT2D eigenvalue weighted by Crippen LogP contribution is 2.53. The van der Waals surface area contributed by atoms with Crippen molar-refractivity contribution in [3.8, 4) is 5.75 Å². The van der Waals surface area contributed by atoms with Gasteiger partial charge in [-0.05, 0) is 80.0 Å². The smallest absolute Gasteiger partial charge is 0.258 e. The Kier molecular flexibility index (Phi) is 3.77. The number of hydrogen-bond donors (Lipinski definition) is 1. The second-order valence-electron chi connectivity index (χ2n) is 7.27. The molecule has 3 nitrogen and oxygen atoms in total. The van der Waals surface area contributed by atoms with Gasteiger partial charge in [-0.1, -0.05) is 11.6 Å². The van der Waals surface area contributed by atoms with E-state index in [9.17, 15) is 4.79 Å². The van der Waals surface area contributed by atoms with Crippen LogP contribution in [0.25, 0.3) is 0 Å². The highest BCUT2D eigenvalue weighted by molar-refractivity contribution is 6.30. The average Bonchev–Trinajstić information content (AvgIpc) is 2.50. The van der Waals surface area contributed by atoms with Gasteiger partial charge in [0.15, 0.2) is 6.61 Å². The molecule has 5 rings (SSSR count). The summed E-state index contributed by atoms with van der Waals surface area (Å²) in [6.45, 7) is 0.0877. The molecular formula is C18H22ClNO2. The first-order valence-corrected chi connectivity index (χ1v) is 8.73. The molecule has 0 aliphatic heterocycles. The largest absolute Gasteiger partial charge is 0.484 e. The van der Waals surface area contributed by atoms with Crippen molar-refractivity contribution in [2.45, 2.75) is 38.1 Å². The summed E-state index contributed by atoms with van der Waals surface area (Å²) in [6.07, 6.45) is 6.70. The van der Waals surface area contributed by atoms with Crippen LogP contribution in [-0.2, 0) is 4.79 Å². The molecule has 0 saturated heterocycles. The molecule has 118 valence electrons. The minimum Gasteiger partial charge on any atom is -0.484 e. The number of ether oxygens (including phenoxy) is 1. The lowest BCUT2D eigenvalue weighted by Crippen LogP contribution is -2.56. The van der Waals surface area contributed by atoms with Crippen LogP contribution in [0.4, 0.5) is 0 Å². The molecule has 1 aromatic carbocycles. The first-order chi connectivity index (χ1) is 10.7. The number of halogens is 1. The second kappa shape index (κ2) is 5.77. The SMILES string of the molecule is O=C(COc1ccc(Cl)cc1)NC1C2CC3CC(C2)CC1C3. The Bertz CT molecular complexity index is 529. The fraction of sp³-hybridized carbons (Fsp3) is 0.611. The zero-order valence-electron chi connectivity index (χ0n) is 12.6. The monoisotopic (exact) mass is 319 g/mol. The molecule has 4 aliphatic carbocycles. The maximum atomic E-state index is 12.2. The Morgan fingerprint density at radius 1 is 1.05 bits per heavy atom. The minimum atomic E-state index is 0.00687. The van der Waals surface area contributed by atoms with Gasteiger partial charge in [0.1, 0.15) is 5.75 Å². The van der Waals surface area contributed by atoms with Crippen molar-refractivity contribution in [1.82, 2.24) is 5.32 Å². The van der Waals surface area contributed by atoms with Crippen molar-refractivity contribution in [2.75, 3.05) is 6.61 Å².